The van der Waals surface area contributed by atoms with E-state index in [4.69, 9.17) is 4.74 Å². The SMILES string of the molecule is CCNC(=NCc1nc(C)c(C)s1)NCCOc1ccc(F)c(F)c1.I. The largest absolute Gasteiger partial charge is 0.492 e. The molecule has 2 N–H and O–H groups in total. The average molecular weight is 496 g/mol. The van der Waals surface area contributed by atoms with Gasteiger partial charge in [0.25, 0.3) is 0 Å². The van der Waals surface area contributed by atoms with Crippen LogP contribution in [0.3, 0.4) is 0 Å². The summed E-state index contributed by atoms with van der Waals surface area (Å²) in [6.45, 7) is 8.00. The number of hydrogen-bond donors (Lipinski definition) is 2. The lowest BCUT2D eigenvalue weighted by Gasteiger charge is -2.12. The van der Waals surface area contributed by atoms with Crippen molar-refractivity contribution in [1.82, 2.24) is 15.6 Å². The van der Waals surface area contributed by atoms with Crippen molar-refractivity contribution >= 4 is 41.3 Å². The molecule has 0 saturated heterocycles. The zero-order chi connectivity index (χ0) is 18.2. The van der Waals surface area contributed by atoms with Crippen LogP contribution < -0.4 is 15.4 Å². The first-order valence-electron chi connectivity index (χ1n) is 8.02. The summed E-state index contributed by atoms with van der Waals surface area (Å²) in [5.74, 6) is -0.868. The maximum absolute atomic E-state index is 13.1. The normalized spacial score (nSPS) is 11.0. The van der Waals surface area contributed by atoms with Gasteiger partial charge in [-0.15, -0.1) is 35.3 Å². The standard InChI is InChI=1S/C17H22F2N4OS.HI/c1-4-20-17(22-10-16-23-11(2)12(3)25-16)21-7-8-24-13-5-6-14(18)15(19)9-13;/h5-6,9H,4,7-8,10H2,1-3H3,(H2,20,21,22);1H. The van der Waals surface area contributed by atoms with Crippen LogP contribution in [0.4, 0.5) is 8.78 Å². The number of aryl methyl sites for hydroxylation is 2. The van der Waals surface area contributed by atoms with E-state index in [9.17, 15) is 8.78 Å². The highest BCUT2D eigenvalue weighted by Crippen LogP contribution is 2.17. The van der Waals surface area contributed by atoms with E-state index >= 15 is 0 Å². The maximum Gasteiger partial charge on any atom is 0.191 e. The van der Waals surface area contributed by atoms with Crippen LogP contribution >= 0.6 is 35.3 Å². The fourth-order valence-corrected chi connectivity index (χ4v) is 2.86. The van der Waals surface area contributed by atoms with Gasteiger partial charge in [-0.25, -0.2) is 18.8 Å². The number of benzene rings is 1. The molecular weight excluding hydrogens is 473 g/mol. The van der Waals surface area contributed by atoms with Crippen molar-refractivity contribution < 1.29 is 13.5 Å². The number of rotatable bonds is 7. The molecule has 0 aliphatic heterocycles. The lowest BCUT2D eigenvalue weighted by molar-refractivity contribution is 0.318. The number of aliphatic imine (C=N–C) groups is 1. The van der Waals surface area contributed by atoms with Crippen molar-refractivity contribution in [2.24, 2.45) is 4.99 Å². The zero-order valence-electron chi connectivity index (χ0n) is 14.9. The van der Waals surface area contributed by atoms with E-state index in [2.05, 4.69) is 20.6 Å². The summed E-state index contributed by atoms with van der Waals surface area (Å²) in [6, 6.07) is 3.47. The first kappa shape index (κ1) is 22.6. The van der Waals surface area contributed by atoms with Crippen LogP contribution in [0.1, 0.15) is 22.5 Å². The number of aromatic nitrogens is 1. The molecule has 0 aliphatic carbocycles. The van der Waals surface area contributed by atoms with Gasteiger partial charge in [-0.1, -0.05) is 0 Å². The molecule has 1 heterocycles. The Morgan fingerprint density at radius 1 is 1.23 bits per heavy atom. The lowest BCUT2D eigenvalue weighted by Crippen LogP contribution is -2.39. The molecule has 9 heteroatoms. The van der Waals surface area contributed by atoms with Crippen LogP contribution in [-0.4, -0.2) is 30.6 Å². The third-order valence-corrected chi connectivity index (χ3v) is 4.40. The quantitative estimate of drug-likeness (QED) is 0.265. The van der Waals surface area contributed by atoms with Gasteiger partial charge in [0.1, 0.15) is 17.4 Å². The number of thiazole rings is 1. The molecule has 0 atom stereocenters. The van der Waals surface area contributed by atoms with Gasteiger partial charge in [-0.05, 0) is 32.9 Å². The molecule has 26 heavy (non-hydrogen) atoms. The predicted molar refractivity (Wildman–Crippen MR) is 112 cm³/mol. The molecule has 5 nitrogen and oxygen atoms in total. The van der Waals surface area contributed by atoms with Gasteiger partial charge in [-0.2, -0.15) is 0 Å². The van der Waals surface area contributed by atoms with Crippen LogP contribution in [0.5, 0.6) is 5.75 Å². The fraction of sp³-hybridized carbons (Fsp3) is 0.412. The number of nitrogens with one attached hydrogen (secondary N) is 2. The van der Waals surface area contributed by atoms with Gasteiger partial charge in [-0.3, -0.25) is 0 Å². The maximum atomic E-state index is 13.1. The minimum atomic E-state index is -0.922. The van der Waals surface area contributed by atoms with E-state index in [1.807, 2.05) is 20.8 Å². The number of hydrogen-bond acceptors (Lipinski definition) is 4. The number of nitrogens with zero attached hydrogens (tertiary/aromatic N) is 2. The van der Waals surface area contributed by atoms with Crippen LogP contribution in [0, 0.1) is 25.5 Å². The summed E-state index contributed by atoms with van der Waals surface area (Å²) >= 11 is 1.64. The highest BCUT2D eigenvalue weighted by molar-refractivity contribution is 14.0. The third-order valence-electron chi connectivity index (χ3n) is 3.34. The molecule has 0 spiro atoms. The average Bonchev–Trinajstić information content (AvgIpc) is 2.90. The summed E-state index contributed by atoms with van der Waals surface area (Å²) in [6.07, 6.45) is 0. The Hall–Kier alpha value is -1.49. The molecule has 1 aromatic carbocycles. The first-order valence-corrected chi connectivity index (χ1v) is 8.84. The molecule has 1 aromatic heterocycles. The van der Waals surface area contributed by atoms with Gasteiger partial charge in [0.05, 0.1) is 18.8 Å². The second-order valence-corrected chi connectivity index (χ2v) is 6.58. The molecule has 0 amide bonds. The topological polar surface area (TPSA) is 58.5 Å². The summed E-state index contributed by atoms with van der Waals surface area (Å²) in [5.41, 5.74) is 1.04. The van der Waals surface area contributed by atoms with Crippen LogP contribution in [0.15, 0.2) is 23.2 Å². The Morgan fingerprint density at radius 3 is 2.62 bits per heavy atom. The van der Waals surface area contributed by atoms with Crippen molar-refractivity contribution in [3.63, 3.8) is 0 Å². The minimum Gasteiger partial charge on any atom is -0.492 e. The van der Waals surface area contributed by atoms with E-state index in [1.165, 1.54) is 10.9 Å². The highest BCUT2D eigenvalue weighted by Gasteiger charge is 2.05. The van der Waals surface area contributed by atoms with E-state index in [0.29, 0.717) is 25.7 Å². The van der Waals surface area contributed by atoms with Crippen LogP contribution in [0.25, 0.3) is 0 Å². The van der Waals surface area contributed by atoms with Crippen LogP contribution in [0.2, 0.25) is 0 Å². The number of ether oxygens (including phenoxy) is 1. The Bertz CT molecular complexity index is 720. The summed E-state index contributed by atoms with van der Waals surface area (Å²) in [5, 5.41) is 7.23. The highest BCUT2D eigenvalue weighted by atomic mass is 127. The lowest BCUT2D eigenvalue weighted by atomic mass is 10.3. The van der Waals surface area contributed by atoms with Crippen molar-refractivity contribution in [3.05, 3.63) is 45.4 Å². The summed E-state index contributed by atoms with van der Waals surface area (Å²) in [4.78, 5) is 10.1. The molecule has 2 aromatic rings. The fourth-order valence-electron chi connectivity index (χ4n) is 2.00. The number of halogens is 3. The zero-order valence-corrected chi connectivity index (χ0v) is 18.1. The van der Waals surface area contributed by atoms with E-state index < -0.39 is 11.6 Å². The molecule has 2 rings (SSSR count). The van der Waals surface area contributed by atoms with Crippen molar-refractivity contribution in [1.29, 1.82) is 0 Å². The molecule has 144 valence electrons. The Balaban J connectivity index is 0.00000338. The smallest absolute Gasteiger partial charge is 0.191 e. The second-order valence-electron chi connectivity index (χ2n) is 5.30. The van der Waals surface area contributed by atoms with Gasteiger partial charge in [0.15, 0.2) is 17.6 Å². The minimum absolute atomic E-state index is 0. The monoisotopic (exact) mass is 496 g/mol. The molecule has 0 radical (unpaired) electrons. The van der Waals surface area contributed by atoms with Crippen molar-refractivity contribution in [2.75, 3.05) is 19.7 Å². The second kappa shape index (κ2) is 11.3. The van der Waals surface area contributed by atoms with E-state index in [1.54, 1.807) is 11.3 Å². The van der Waals surface area contributed by atoms with E-state index in [0.717, 1.165) is 29.4 Å². The molecule has 0 saturated carbocycles. The van der Waals surface area contributed by atoms with Crippen LogP contribution in [-0.2, 0) is 6.54 Å². The number of guanidine groups is 1. The Kier molecular flexibility index (Phi) is 9.78. The van der Waals surface area contributed by atoms with Gasteiger partial charge < -0.3 is 15.4 Å². The molecule has 0 bridgehead atoms. The molecule has 0 aliphatic rings. The Labute approximate surface area is 173 Å². The van der Waals surface area contributed by atoms with Crippen molar-refractivity contribution in [3.8, 4) is 5.75 Å². The summed E-state index contributed by atoms with van der Waals surface area (Å²) in [7, 11) is 0. The Morgan fingerprint density at radius 2 is 2.00 bits per heavy atom. The predicted octanol–water partition coefficient (Wildman–Crippen LogP) is 3.79. The molecular formula is C17H23F2IN4OS. The van der Waals surface area contributed by atoms with Gasteiger partial charge in [0, 0.05) is 17.5 Å². The molecule has 0 fully saturated rings. The third kappa shape index (κ3) is 7.02. The van der Waals surface area contributed by atoms with Crippen molar-refractivity contribution in [2.45, 2.75) is 27.3 Å². The first-order chi connectivity index (χ1) is 12.0. The van der Waals surface area contributed by atoms with Gasteiger partial charge in [0.2, 0.25) is 0 Å². The summed E-state index contributed by atoms with van der Waals surface area (Å²) < 4.78 is 31.4. The molecule has 0 unspecified atom stereocenters. The van der Waals surface area contributed by atoms with E-state index in [-0.39, 0.29) is 29.7 Å². The van der Waals surface area contributed by atoms with Gasteiger partial charge >= 0.3 is 0 Å².